The molecule has 5 rings (SSSR count). The maximum Gasteiger partial charge on any atom is 0.340 e. The Bertz CT molecular complexity index is 1560. The number of benzene rings is 3. The van der Waals surface area contributed by atoms with Gasteiger partial charge in [0, 0.05) is 10.9 Å². The summed E-state index contributed by atoms with van der Waals surface area (Å²) in [6.45, 7) is 1.91. The minimum atomic E-state index is -1.21. The Labute approximate surface area is 213 Å². The Hall–Kier alpha value is -4.91. The molecule has 0 saturated carbocycles. The van der Waals surface area contributed by atoms with E-state index in [4.69, 9.17) is 13.9 Å². The molecule has 7 nitrogen and oxygen atoms in total. The second kappa shape index (κ2) is 10.4. The zero-order chi connectivity index (χ0) is 25.8. The molecule has 0 unspecified atom stereocenters. The third-order valence-corrected chi connectivity index (χ3v) is 5.89. The number of nitrogens with zero attached hydrogens (tertiary/aromatic N) is 1. The number of hydrogen-bond donors (Lipinski definition) is 1. The average molecular weight is 493 g/mol. The van der Waals surface area contributed by atoms with Gasteiger partial charge in [0.2, 0.25) is 6.10 Å². The number of ether oxygens (including phenoxy) is 2. The van der Waals surface area contributed by atoms with Crippen LogP contribution in [0.25, 0.3) is 22.4 Å². The Balaban J connectivity index is 1.52. The van der Waals surface area contributed by atoms with Crippen molar-refractivity contribution in [3.05, 3.63) is 114 Å². The number of amides is 1. The summed E-state index contributed by atoms with van der Waals surface area (Å²) in [6.07, 6.45) is 0.331. The highest BCUT2D eigenvalue weighted by molar-refractivity contribution is 6.06. The molecule has 0 aliphatic rings. The summed E-state index contributed by atoms with van der Waals surface area (Å²) in [5.41, 5.74) is 3.33. The standard InChI is InChI=1S/C30H24N2O5/c1-19-14-15-26(35-2)24(17-19)32-29(33)28(20-9-4-3-5-10-20)37-30(34)22-18-25(27-13-8-16-36-27)31-23-12-7-6-11-21(22)23/h3-18,28H,1-2H3,(H,32,33)/t28-/m1/s1. The number of anilines is 1. The van der Waals surface area contributed by atoms with Crippen LogP contribution in [0.1, 0.15) is 27.6 Å². The van der Waals surface area contributed by atoms with E-state index in [9.17, 15) is 9.59 Å². The van der Waals surface area contributed by atoms with Crippen molar-refractivity contribution in [1.82, 2.24) is 4.98 Å². The van der Waals surface area contributed by atoms with Gasteiger partial charge in [0.1, 0.15) is 11.4 Å². The molecule has 0 aliphatic carbocycles. The summed E-state index contributed by atoms with van der Waals surface area (Å²) in [5.74, 6) is -0.149. The minimum absolute atomic E-state index is 0.277. The molecule has 2 aromatic heterocycles. The molecule has 1 amide bonds. The van der Waals surface area contributed by atoms with Crippen molar-refractivity contribution in [2.75, 3.05) is 12.4 Å². The number of methoxy groups -OCH3 is 1. The number of carbonyl (C=O) groups is 2. The molecule has 1 N–H and O–H groups in total. The van der Waals surface area contributed by atoms with Gasteiger partial charge in [-0.15, -0.1) is 0 Å². The molecule has 0 fully saturated rings. The zero-order valence-electron chi connectivity index (χ0n) is 20.3. The van der Waals surface area contributed by atoms with Crippen LogP contribution in [0.15, 0.2) is 102 Å². The fraction of sp³-hybridized carbons (Fsp3) is 0.100. The second-order valence-corrected chi connectivity index (χ2v) is 8.44. The van der Waals surface area contributed by atoms with Gasteiger partial charge in [-0.3, -0.25) is 4.79 Å². The largest absolute Gasteiger partial charge is 0.495 e. The number of carbonyl (C=O) groups excluding carboxylic acids is 2. The third-order valence-electron chi connectivity index (χ3n) is 5.89. The van der Waals surface area contributed by atoms with Crippen LogP contribution in [0, 0.1) is 6.92 Å². The van der Waals surface area contributed by atoms with Crippen molar-refractivity contribution in [1.29, 1.82) is 0 Å². The van der Waals surface area contributed by atoms with Gasteiger partial charge < -0.3 is 19.2 Å². The Kier molecular flexibility index (Phi) is 6.68. The fourth-order valence-electron chi connectivity index (χ4n) is 4.08. The average Bonchev–Trinajstić information content (AvgIpc) is 3.47. The summed E-state index contributed by atoms with van der Waals surface area (Å²) >= 11 is 0. The van der Waals surface area contributed by atoms with E-state index in [0.717, 1.165) is 5.56 Å². The molecule has 7 heteroatoms. The van der Waals surface area contributed by atoms with Crippen molar-refractivity contribution >= 4 is 28.5 Å². The van der Waals surface area contributed by atoms with E-state index in [2.05, 4.69) is 10.3 Å². The van der Waals surface area contributed by atoms with Crippen molar-refractivity contribution < 1.29 is 23.5 Å². The number of fused-ring (bicyclic) bond motifs is 1. The molecule has 0 spiro atoms. The smallest absolute Gasteiger partial charge is 0.340 e. The van der Waals surface area contributed by atoms with E-state index in [0.29, 0.717) is 39.4 Å². The zero-order valence-corrected chi connectivity index (χ0v) is 20.3. The number of furan rings is 1. The molecule has 0 saturated heterocycles. The summed E-state index contributed by atoms with van der Waals surface area (Å²) in [5, 5.41) is 3.47. The number of rotatable bonds is 7. The van der Waals surface area contributed by atoms with Gasteiger partial charge in [0.25, 0.3) is 5.91 Å². The number of para-hydroxylation sites is 1. The van der Waals surface area contributed by atoms with Crippen LogP contribution < -0.4 is 10.1 Å². The molecule has 0 radical (unpaired) electrons. The molecule has 0 aliphatic heterocycles. The third kappa shape index (κ3) is 5.06. The maximum absolute atomic E-state index is 13.6. The summed E-state index contributed by atoms with van der Waals surface area (Å²) < 4.78 is 16.8. The van der Waals surface area contributed by atoms with E-state index < -0.39 is 18.0 Å². The number of aryl methyl sites for hydroxylation is 1. The molecule has 37 heavy (non-hydrogen) atoms. The van der Waals surface area contributed by atoms with Crippen LogP contribution in [-0.2, 0) is 9.53 Å². The first-order chi connectivity index (χ1) is 18.0. The first kappa shape index (κ1) is 23.8. The lowest BCUT2D eigenvalue weighted by atomic mass is 10.1. The quantitative estimate of drug-likeness (QED) is 0.266. The number of hydrogen-bond acceptors (Lipinski definition) is 6. The monoisotopic (exact) mass is 492 g/mol. The van der Waals surface area contributed by atoms with Crippen LogP contribution >= 0.6 is 0 Å². The summed E-state index contributed by atoms with van der Waals surface area (Å²) in [6, 6.07) is 26.7. The lowest BCUT2D eigenvalue weighted by Gasteiger charge is -2.20. The molecule has 184 valence electrons. The van der Waals surface area contributed by atoms with Gasteiger partial charge in [-0.25, -0.2) is 9.78 Å². The fourth-order valence-corrected chi connectivity index (χ4v) is 4.08. The van der Waals surface area contributed by atoms with E-state index in [1.54, 1.807) is 66.9 Å². The molecular weight excluding hydrogens is 468 g/mol. The van der Waals surface area contributed by atoms with E-state index in [1.807, 2.05) is 37.3 Å². The second-order valence-electron chi connectivity index (χ2n) is 8.44. The maximum atomic E-state index is 13.6. The van der Waals surface area contributed by atoms with Gasteiger partial charge in [0.05, 0.1) is 30.1 Å². The number of aromatic nitrogens is 1. The van der Waals surface area contributed by atoms with Crippen molar-refractivity contribution in [2.24, 2.45) is 0 Å². The molecule has 2 heterocycles. The Morgan fingerprint density at radius 1 is 0.919 bits per heavy atom. The van der Waals surface area contributed by atoms with Gasteiger partial charge in [0.15, 0.2) is 5.76 Å². The predicted molar refractivity (Wildman–Crippen MR) is 140 cm³/mol. The van der Waals surface area contributed by atoms with Gasteiger partial charge in [-0.05, 0) is 48.9 Å². The summed E-state index contributed by atoms with van der Waals surface area (Å²) in [4.78, 5) is 31.7. The van der Waals surface area contributed by atoms with Crippen LogP contribution in [0.2, 0.25) is 0 Å². The summed E-state index contributed by atoms with van der Waals surface area (Å²) in [7, 11) is 1.53. The van der Waals surface area contributed by atoms with Crippen LogP contribution in [0.5, 0.6) is 5.75 Å². The lowest BCUT2D eigenvalue weighted by molar-refractivity contribution is -0.125. The molecule has 1 atom stereocenters. The van der Waals surface area contributed by atoms with Crippen molar-refractivity contribution in [2.45, 2.75) is 13.0 Å². The van der Waals surface area contributed by atoms with Gasteiger partial charge in [-0.2, -0.15) is 0 Å². The normalized spacial score (nSPS) is 11.6. The highest BCUT2D eigenvalue weighted by atomic mass is 16.5. The van der Waals surface area contributed by atoms with Gasteiger partial charge >= 0.3 is 5.97 Å². The Morgan fingerprint density at radius 3 is 2.46 bits per heavy atom. The molecule has 5 aromatic rings. The highest BCUT2D eigenvalue weighted by Crippen LogP contribution is 2.30. The van der Waals surface area contributed by atoms with Crippen molar-refractivity contribution in [3.8, 4) is 17.2 Å². The first-order valence-corrected chi connectivity index (χ1v) is 11.7. The van der Waals surface area contributed by atoms with E-state index in [1.165, 1.54) is 7.11 Å². The number of pyridine rings is 1. The molecule has 0 bridgehead atoms. The SMILES string of the molecule is COc1ccc(C)cc1NC(=O)[C@H](OC(=O)c1cc(-c2ccco2)nc2ccccc12)c1ccccc1. The van der Waals surface area contributed by atoms with Crippen LogP contribution in [0.3, 0.4) is 0 Å². The van der Waals surface area contributed by atoms with Crippen LogP contribution in [-0.4, -0.2) is 24.0 Å². The number of esters is 1. The van der Waals surface area contributed by atoms with E-state index >= 15 is 0 Å². The molecular formula is C30H24N2O5. The van der Waals surface area contributed by atoms with Crippen LogP contribution in [0.4, 0.5) is 5.69 Å². The van der Waals surface area contributed by atoms with Crippen molar-refractivity contribution in [3.63, 3.8) is 0 Å². The predicted octanol–water partition coefficient (Wildman–Crippen LogP) is 6.35. The molecule has 3 aromatic carbocycles. The number of nitrogens with one attached hydrogen (secondary N) is 1. The lowest BCUT2D eigenvalue weighted by Crippen LogP contribution is -2.26. The van der Waals surface area contributed by atoms with E-state index in [-0.39, 0.29) is 5.56 Å². The highest BCUT2D eigenvalue weighted by Gasteiger charge is 2.28. The minimum Gasteiger partial charge on any atom is -0.495 e. The van der Waals surface area contributed by atoms with Gasteiger partial charge in [-0.1, -0.05) is 54.6 Å². The topological polar surface area (TPSA) is 90.7 Å². The Morgan fingerprint density at radius 2 is 1.70 bits per heavy atom. The first-order valence-electron chi connectivity index (χ1n) is 11.7.